The van der Waals surface area contributed by atoms with Crippen LogP contribution in [0.3, 0.4) is 0 Å². The third-order valence-electron chi connectivity index (χ3n) is 3.43. The first-order valence-corrected chi connectivity index (χ1v) is 6.34. The van der Waals surface area contributed by atoms with Gasteiger partial charge in [0.15, 0.2) is 0 Å². The van der Waals surface area contributed by atoms with Crippen LogP contribution in [0.15, 0.2) is 47.3 Å². The molecule has 0 aliphatic carbocycles. The Hall–Kier alpha value is -2.62. The maximum atomic E-state index is 12.1. The van der Waals surface area contributed by atoms with Crippen molar-refractivity contribution in [2.45, 2.75) is 6.92 Å². The lowest BCUT2D eigenvalue weighted by Crippen LogP contribution is -2.20. The molecule has 0 aliphatic rings. The Bertz CT molecular complexity index is 866. The zero-order chi connectivity index (χ0) is 14.3. The highest BCUT2D eigenvalue weighted by Crippen LogP contribution is 2.28. The summed E-state index contributed by atoms with van der Waals surface area (Å²) in [6.45, 7) is 1.84. The van der Waals surface area contributed by atoms with Gasteiger partial charge in [0, 0.05) is 18.0 Å². The van der Waals surface area contributed by atoms with E-state index in [1.54, 1.807) is 19.2 Å². The SMILES string of the molecule is Cc1cc(-c2nn(C)c(=O)c3ccccc23)ccc1O. The second-order valence-corrected chi connectivity index (χ2v) is 4.82. The van der Waals surface area contributed by atoms with Crippen LogP contribution in [-0.4, -0.2) is 14.9 Å². The Morgan fingerprint density at radius 2 is 1.80 bits per heavy atom. The van der Waals surface area contributed by atoms with Crippen molar-refractivity contribution in [3.05, 3.63) is 58.4 Å². The fraction of sp³-hybridized carbons (Fsp3) is 0.125. The number of aryl methyl sites for hydroxylation is 2. The molecule has 0 bridgehead atoms. The van der Waals surface area contributed by atoms with E-state index < -0.39 is 0 Å². The second kappa shape index (κ2) is 4.49. The summed E-state index contributed by atoms with van der Waals surface area (Å²) in [5.41, 5.74) is 2.29. The summed E-state index contributed by atoms with van der Waals surface area (Å²) in [5, 5.41) is 15.5. The summed E-state index contributed by atoms with van der Waals surface area (Å²) in [4.78, 5) is 12.1. The first-order valence-electron chi connectivity index (χ1n) is 6.34. The number of hydrogen-bond acceptors (Lipinski definition) is 3. The summed E-state index contributed by atoms with van der Waals surface area (Å²) < 4.78 is 1.35. The van der Waals surface area contributed by atoms with Crippen molar-refractivity contribution in [2.75, 3.05) is 0 Å². The fourth-order valence-corrected chi connectivity index (χ4v) is 2.32. The van der Waals surface area contributed by atoms with Crippen LogP contribution >= 0.6 is 0 Å². The molecule has 0 radical (unpaired) electrons. The molecule has 0 spiro atoms. The first-order chi connectivity index (χ1) is 9.58. The number of phenolic OH excluding ortho intramolecular Hbond substituents is 1. The molecule has 3 aromatic rings. The molecule has 0 saturated carbocycles. The smallest absolute Gasteiger partial charge is 0.274 e. The predicted molar refractivity (Wildman–Crippen MR) is 78.8 cm³/mol. The number of phenols is 1. The van der Waals surface area contributed by atoms with Gasteiger partial charge in [-0.05, 0) is 36.8 Å². The van der Waals surface area contributed by atoms with E-state index in [1.807, 2.05) is 37.3 Å². The zero-order valence-electron chi connectivity index (χ0n) is 11.3. The maximum absolute atomic E-state index is 12.1. The fourth-order valence-electron chi connectivity index (χ4n) is 2.32. The number of rotatable bonds is 1. The number of benzene rings is 2. The van der Waals surface area contributed by atoms with E-state index in [-0.39, 0.29) is 11.3 Å². The molecule has 0 unspecified atom stereocenters. The highest BCUT2D eigenvalue weighted by atomic mass is 16.3. The molecule has 1 aromatic heterocycles. The third-order valence-corrected chi connectivity index (χ3v) is 3.43. The predicted octanol–water partition coefficient (Wildman–Crippen LogP) is 2.61. The average Bonchev–Trinajstić information content (AvgIpc) is 2.46. The molecule has 0 atom stereocenters. The van der Waals surface area contributed by atoms with Gasteiger partial charge in [-0.15, -0.1) is 0 Å². The van der Waals surface area contributed by atoms with Gasteiger partial charge in [0.05, 0.1) is 11.1 Å². The molecule has 0 amide bonds. The molecule has 1 N–H and O–H groups in total. The maximum Gasteiger partial charge on any atom is 0.274 e. The highest BCUT2D eigenvalue weighted by Gasteiger charge is 2.11. The molecule has 4 nitrogen and oxygen atoms in total. The van der Waals surface area contributed by atoms with Gasteiger partial charge in [0.2, 0.25) is 0 Å². The van der Waals surface area contributed by atoms with E-state index in [0.717, 1.165) is 22.2 Å². The molecule has 0 fully saturated rings. The molecule has 0 saturated heterocycles. The normalized spacial score (nSPS) is 10.9. The minimum Gasteiger partial charge on any atom is -0.508 e. The monoisotopic (exact) mass is 266 g/mol. The molecular weight excluding hydrogens is 252 g/mol. The van der Waals surface area contributed by atoms with Gasteiger partial charge in [-0.3, -0.25) is 4.79 Å². The average molecular weight is 266 g/mol. The van der Waals surface area contributed by atoms with Crippen molar-refractivity contribution in [1.82, 2.24) is 9.78 Å². The van der Waals surface area contributed by atoms with Crippen molar-refractivity contribution < 1.29 is 5.11 Å². The lowest BCUT2D eigenvalue weighted by atomic mass is 10.0. The molecule has 4 heteroatoms. The van der Waals surface area contributed by atoms with Crippen LogP contribution in [0.5, 0.6) is 5.75 Å². The Labute approximate surface area is 115 Å². The Kier molecular flexibility index (Phi) is 2.79. The van der Waals surface area contributed by atoms with Gasteiger partial charge in [-0.25, -0.2) is 4.68 Å². The van der Waals surface area contributed by atoms with Crippen LogP contribution in [0.4, 0.5) is 0 Å². The number of aromatic nitrogens is 2. The van der Waals surface area contributed by atoms with E-state index in [1.165, 1.54) is 4.68 Å². The van der Waals surface area contributed by atoms with Crippen molar-refractivity contribution in [3.8, 4) is 17.0 Å². The van der Waals surface area contributed by atoms with E-state index in [2.05, 4.69) is 5.10 Å². The van der Waals surface area contributed by atoms with Crippen molar-refractivity contribution in [2.24, 2.45) is 7.05 Å². The third kappa shape index (κ3) is 1.86. The van der Waals surface area contributed by atoms with Gasteiger partial charge in [-0.2, -0.15) is 5.10 Å². The van der Waals surface area contributed by atoms with Crippen LogP contribution in [0.25, 0.3) is 22.0 Å². The summed E-state index contributed by atoms with van der Waals surface area (Å²) in [5.74, 6) is 0.253. The van der Waals surface area contributed by atoms with Crippen LogP contribution < -0.4 is 5.56 Å². The number of hydrogen-bond donors (Lipinski definition) is 1. The molecule has 1 heterocycles. The lowest BCUT2D eigenvalue weighted by Gasteiger charge is -2.09. The Morgan fingerprint density at radius 1 is 1.10 bits per heavy atom. The number of aromatic hydroxyl groups is 1. The second-order valence-electron chi connectivity index (χ2n) is 4.82. The molecule has 20 heavy (non-hydrogen) atoms. The minimum absolute atomic E-state index is 0.111. The summed E-state index contributed by atoms with van der Waals surface area (Å²) in [6, 6.07) is 12.7. The first kappa shape index (κ1) is 12.4. The summed E-state index contributed by atoms with van der Waals surface area (Å²) in [7, 11) is 1.64. The molecule has 3 rings (SSSR count). The van der Waals surface area contributed by atoms with Gasteiger partial charge >= 0.3 is 0 Å². The Morgan fingerprint density at radius 3 is 2.50 bits per heavy atom. The van der Waals surface area contributed by atoms with Crippen molar-refractivity contribution >= 4 is 10.8 Å². The van der Waals surface area contributed by atoms with E-state index in [9.17, 15) is 9.90 Å². The summed E-state index contributed by atoms with van der Waals surface area (Å²) in [6.07, 6.45) is 0. The molecular formula is C16H14N2O2. The highest BCUT2D eigenvalue weighted by molar-refractivity contribution is 5.93. The molecule has 100 valence electrons. The van der Waals surface area contributed by atoms with Gasteiger partial charge < -0.3 is 5.11 Å². The van der Waals surface area contributed by atoms with Crippen LogP contribution in [-0.2, 0) is 7.05 Å². The Balaban J connectivity index is 2.39. The number of nitrogens with zero attached hydrogens (tertiary/aromatic N) is 2. The number of fused-ring (bicyclic) bond motifs is 1. The molecule has 0 aliphatic heterocycles. The van der Waals surface area contributed by atoms with E-state index in [4.69, 9.17) is 0 Å². The van der Waals surface area contributed by atoms with E-state index in [0.29, 0.717) is 5.39 Å². The van der Waals surface area contributed by atoms with Crippen LogP contribution in [0.1, 0.15) is 5.56 Å². The minimum atomic E-state index is -0.111. The van der Waals surface area contributed by atoms with Crippen molar-refractivity contribution in [1.29, 1.82) is 0 Å². The summed E-state index contributed by atoms with van der Waals surface area (Å²) >= 11 is 0. The van der Waals surface area contributed by atoms with Gasteiger partial charge in [-0.1, -0.05) is 18.2 Å². The van der Waals surface area contributed by atoms with Gasteiger partial charge in [0.1, 0.15) is 5.75 Å². The quantitative estimate of drug-likeness (QED) is 0.736. The standard InChI is InChI=1S/C16H14N2O2/c1-10-9-11(7-8-14(10)19)15-12-5-3-4-6-13(12)16(20)18(2)17-15/h3-9,19H,1-2H3. The van der Waals surface area contributed by atoms with Crippen LogP contribution in [0, 0.1) is 6.92 Å². The zero-order valence-corrected chi connectivity index (χ0v) is 11.3. The van der Waals surface area contributed by atoms with E-state index >= 15 is 0 Å². The lowest BCUT2D eigenvalue weighted by molar-refractivity contribution is 0.471. The van der Waals surface area contributed by atoms with Crippen LogP contribution in [0.2, 0.25) is 0 Å². The largest absolute Gasteiger partial charge is 0.508 e. The molecule has 2 aromatic carbocycles. The van der Waals surface area contributed by atoms with Crippen molar-refractivity contribution in [3.63, 3.8) is 0 Å². The topological polar surface area (TPSA) is 55.1 Å². The van der Waals surface area contributed by atoms with Gasteiger partial charge in [0.25, 0.3) is 5.56 Å².